The van der Waals surface area contributed by atoms with E-state index in [1.54, 1.807) is 0 Å². The minimum atomic E-state index is -1.72. The summed E-state index contributed by atoms with van der Waals surface area (Å²) < 4.78 is 5.18. The molecule has 0 aliphatic carbocycles. The van der Waals surface area contributed by atoms with E-state index < -0.39 is 15.0 Å². The Morgan fingerprint density at radius 2 is 1.12 bits per heavy atom. The van der Waals surface area contributed by atoms with E-state index in [9.17, 15) is 0 Å². The number of hydrogen-bond donors (Lipinski definition) is 0. The molecule has 0 spiro atoms. The van der Waals surface area contributed by atoms with E-state index in [1.807, 2.05) is 0 Å². The zero-order valence-corrected chi connectivity index (χ0v) is 15.2. The summed E-state index contributed by atoms with van der Waals surface area (Å²) in [6.07, 6.45) is 0. The van der Waals surface area contributed by atoms with Gasteiger partial charge in [-0.25, -0.2) is 0 Å². The van der Waals surface area contributed by atoms with Gasteiger partial charge in [-0.05, 0) is 66.8 Å². The lowest BCUT2D eigenvalue weighted by Gasteiger charge is -2.38. The Balaban J connectivity index is 5.67. The molecule has 0 aliphatic rings. The van der Waals surface area contributed by atoms with E-state index in [0.29, 0.717) is 0 Å². The molecule has 1 unspecified atom stereocenters. The molecule has 4 heteroatoms. The number of rotatable bonds is 1. The van der Waals surface area contributed by atoms with Crippen LogP contribution in [-0.2, 0) is 0 Å². The standard InChI is InChI=1S/C13H30BNP2/c1-11(2,3)16(12(4,5)6)15-17(10,14)13(7,8)9/h1-10H3/q+1. The van der Waals surface area contributed by atoms with Crippen molar-refractivity contribution in [2.45, 2.75) is 77.8 Å². The highest BCUT2D eigenvalue weighted by atomic mass is 31.2. The molecule has 0 N–H and O–H groups in total. The van der Waals surface area contributed by atoms with E-state index in [2.05, 4.69) is 69.0 Å². The maximum Gasteiger partial charge on any atom is 0.250 e. The fourth-order valence-corrected chi connectivity index (χ4v) is 8.31. The third-order valence-corrected chi connectivity index (χ3v) is 10.4. The maximum atomic E-state index is 6.55. The third kappa shape index (κ3) is 5.00. The van der Waals surface area contributed by atoms with Gasteiger partial charge in [-0.3, -0.25) is 7.57 Å². The van der Waals surface area contributed by atoms with Crippen molar-refractivity contribution in [3.05, 3.63) is 0 Å². The van der Waals surface area contributed by atoms with Gasteiger partial charge in [0.2, 0.25) is 7.71 Å². The van der Waals surface area contributed by atoms with Gasteiger partial charge in [0.1, 0.15) is 10.3 Å². The Labute approximate surface area is 112 Å². The fourth-order valence-electron chi connectivity index (χ4n) is 1.59. The summed E-state index contributed by atoms with van der Waals surface area (Å²) in [6.45, 7) is 22.5. The highest BCUT2D eigenvalue weighted by Crippen LogP contribution is 2.70. The van der Waals surface area contributed by atoms with Gasteiger partial charge in [0.25, 0.3) is 0 Å². The molecule has 99 valence electrons. The predicted molar refractivity (Wildman–Crippen MR) is 87.2 cm³/mol. The lowest BCUT2D eigenvalue weighted by Crippen LogP contribution is -2.23. The molecule has 0 saturated heterocycles. The van der Waals surface area contributed by atoms with Crippen LogP contribution in [0.25, 0.3) is 0 Å². The molecular weight excluding hydrogens is 243 g/mol. The van der Waals surface area contributed by atoms with Crippen LogP contribution in [0.1, 0.15) is 62.3 Å². The van der Waals surface area contributed by atoms with Crippen molar-refractivity contribution in [2.75, 3.05) is 6.66 Å². The molecule has 0 amide bonds. The zero-order chi connectivity index (χ0) is 14.3. The summed E-state index contributed by atoms with van der Waals surface area (Å²) in [6, 6.07) is 0. The molecule has 0 saturated carbocycles. The van der Waals surface area contributed by atoms with Crippen molar-refractivity contribution in [3.8, 4) is 0 Å². The van der Waals surface area contributed by atoms with Crippen molar-refractivity contribution >= 4 is 22.6 Å². The monoisotopic (exact) mass is 273 g/mol. The molecule has 0 fully saturated rings. The first-order valence-electron chi connectivity index (χ1n) is 6.28. The van der Waals surface area contributed by atoms with Gasteiger partial charge in [0, 0.05) is 11.8 Å². The Morgan fingerprint density at radius 1 is 0.824 bits per heavy atom. The van der Waals surface area contributed by atoms with Gasteiger partial charge in [0.05, 0.1) is 0 Å². The highest BCUT2D eigenvalue weighted by Gasteiger charge is 2.46. The lowest BCUT2D eigenvalue weighted by molar-refractivity contribution is 0.714. The topological polar surface area (TPSA) is 12.4 Å². The average molecular weight is 273 g/mol. The van der Waals surface area contributed by atoms with E-state index >= 15 is 0 Å². The quantitative estimate of drug-likeness (QED) is 0.429. The molecule has 0 aromatic heterocycles. The second kappa shape index (κ2) is 4.94. The first kappa shape index (κ1) is 17.6. The van der Waals surface area contributed by atoms with E-state index in [0.717, 1.165) is 0 Å². The van der Waals surface area contributed by atoms with Gasteiger partial charge in [-0.15, -0.1) is 0 Å². The number of hydrogen-bond acceptors (Lipinski definition) is 1. The minimum absolute atomic E-state index is 0.101. The Morgan fingerprint density at radius 3 is 1.29 bits per heavy atom. The molecule has 3 radical (unpaired) electrons. The largest absolute Gasteiger partial charge is 0.265 e. The molecule has 0 aromatic carbocycles. The number of nitrogens with zero attached hydrogens (tertiary/aromatic N) is 1. The molecule has 0 aliphatic heterocycles. The van der Waals surface area contributed by atoms with Gasteiger partial charge < -0.3 is 0 Å². The summed E-state index contributed by atoms with van der Waals surface area (Å²) >= 11 is 0. The Bertz CT molecular complexity index is 285. The molecule has 1 atom stereocenters. The summed E-state index contributed by atoms with van der Waals surface area (Å²) in [7, 11) is 4.38. The summed E-state index contributed by atoms with van der Waals surface area (Å²) in [5.74, 6) is 0. The van der Waals surface area contributed by atoms with Crippen LogP contribution in [0, 0.1) is 0 Å². The Hall–Kier alpha value is 0.595. The summed E-state index contributed by atoms with van der Waals surface area (Å²) in [5, 5.41) is 0.545. The zero-order valence-electron chi connectivity index (χ0n) is 13.4. The van der Waals surface area contributed by atoms with E-state index in [1.165, 1.54) is 0 Å². The summed E-state index contributed by atoms with van der Waals surface area (Å²) in [5.41, 5.74) is 0. The van der Waals surface area contributed by atoms with E-state index in [4.69, 9.17) is 12.1 Å². The van der Waals surface area contributed by atoms with Gasteiger partial charge >= 0.3 is 0 Å². The fraction of sp³-hybridized carbons (Fsp3) is 1.00. The second-order valence-corrected chi connectivity index (χ2v) is 15.4. The minimum Gasteiger partial charge on any atom is -0.265 e. The molecule has 0 bridgehead atoms. The van der Waals surface area contributed by atoms with Crippen LogP contribution in [0.4, 0.5) is 0 Å². The molecule has 17 heavy (non-hydrogen) atoms. The van der Waals surface area contributed by atoms with Gasteiger partial charge in [0.15, 0.2) is 0 Å². The van der Waals surface area contributed by atoms with Crippen LogP contribution < -0.4 is 0 Å². The smallest absolute Gasteiger partial charge is 0.250 e. The SMILES string of the molecule is [B-][P+](C)(N=[P+](C(C)(C)C)C(C)(C)C)C(C)(C)C. The van der Waals surface area contributed by atoms with Crippen molar-refractivity contribution in [1.82, 2.24) is 0 Å². The second-order valence-electron chi connectivity index (χ2n) is 7.94. The van der Waals surface area contributed by atoms with Gasteiger partial charge in [-0.1, -0.05) is 7.29 Å². The summed E-state index contributed by atoms with van der Waals surface area (Å²) in [4.78, 5) is 0. The van der Waals surface area contributed by atoms with Crippen LogP contribution in [0.2, 0.25) is 0 Å². The Kier molecular flexibility index (Phi) is 5.11. The molecule has 0 heterocycles. The van der Waals surface area contributed by atoms with Crippen LogP contribution in [0.5, 0.6) is 0 Å². The maximum absolute atomic E-state index is 6.55. The first-order chi connectivity index (χ1) is 7.09. The average Bonchev–Trinajstić information content (AvgIpc) is 1.93. The van der Waals surface area contributed by atoms with Crippen LogP contribution in [0.3, 0.4) is 0 Å². The van der Waals surface area contributed by atoms with Crippen molar-refractivity contribution < 1.29 is 0 Å². The lowest BCUT2D eigenvalue weighted by atomic mass is 10.2. The first-order valence-corrected chi connectivity index (χ1v) is 9.83. The predicted octanol–water partition coefficient (Wildman–Crippen LogP) is 5.69. The normalized spacial score (nSPS) is 17.6. The van der Waals surface area contributed by atoms with Crippen molar-refractivity contribution in [3.63, 3.8) is 0 Å². The highest BCUT2D eigenvalue weighted by molar-refractivity contribution is 7.98. The van der Waals surface area contributed by atoms with Crippen molar-refractivity contribution in [2.24, 2.45) is 4.52 Å². The van der Waals surface area contributed by atoms with Crippen molar-refractivity contribution in [1.29, 1.82) is 0 Å². The van der Waals surface area contributed by atoms with Crippen LogP contribution >= 0.6 is 15.0 Å². The molecule has 0 aromatic rings. The van der Waals surface area contributed by atoms with Gasteiger partial charge in [-0.2, -0.15) is 0 Å². The molecule has 1 nitrogen and oxygen atoms in total. The molecule has 0 rings (SSSR count). The van der Waals surface area contributed by atoms with Crippen LogP contribution in [0.15, 0.2) is 4.52 Å². The van der Waals surface area contributed by atoms with Crippen LogP contribution in [-0.4, -0.2) is 29.7 Å². The third-order valence-electron chi connectivity index (χ3n) is 2.90. The molecular formula is C13H30BNP2+. The van der Waals surface area contributed by atoms with E-state index in [-0.39, 0.29) is 15.5 Å².